The highest BCUT2D eigenvalue weighted by Crippen LogP contribution is 2.36. The maximum atomic E-state index is 12.6. The van der Waals surface area contributed by atoms with Crippen LogP contribution in [-0.4, -0.2) is 48.5 Å². The number of hydrogen-bond donors (Lipinski definition) is 1. The highest BCUT2D eigenvalue weighted by atomic mass is 35.5. The van der Waals surface area contributed by atoms with Crippen LogP contribution in [-0.2, 0) is 9.59 Å². The maximum absolute atomic E-state index is 12.6. The summed E-state index contributed by atoms with van der Waals surface area (Å²) in [5.74, 6) is 1.25. The largest absolute Gasteiger partial charge is 0.493 e. The van der Waals surface area contributed by atoms with Gasteiger partial charge in [0.25, 0.3) is 0 Å². The zero-order valence-electron chi connectivity index (χ0n) is 17.6. The number of ether oxygens (including phenoxy) is 2. The van der Waals surface area contributed by atoms with Gasteiger partial charge in [-0.2, -0.15) is 0 Å². The zero-order valence-corrected chi connectivity index (χ0v) is 18.4. The second kappa shape index (κ2) is 10.8. The molecular weight excluding hydrogens is 418 g/mol. The van der Waals surface area contributed by atoms with Crippen LogP contribution in [0.2, 0.25) is 5.02 Å². The molecule has 3 rings (SSSR count). The predicted octanol–water partition coefficient (Wildman–Crippen LogP) is 4.03. The molecule has 0 aliphatic carbocycles. The van der Waals surface area contributed by atoms with Gasteiger partial charge in [0.15, 0.2) is 11.5 Å². The number of nitrogens with one attached hydrogen (secondary N) is 1. The minimum absolute atomic E-state index is 0.0579. The van der Waals surface area contributed by atoms with Gasteiger partial charge in [-0.05, 0) is 55.7 Å². The summed E-state index contributed by atoms with van der Waals surface area (Å²) in [6.45, 7) is 3.39. The monoisotopic (exact) mass is 443 g/mol. The lowest BCUT2D eigenvalue weighted by molar-refractivity contribution is -0.130. The normalized spacial score (nSPS) is 14.5. The van der Waals surface area contributed by atoms with Crippen molar-refractivity contribution < 1.29 is 19.1 Å². The quantitative estimate of drug-likeness (QED) is 0.653. The summed E-state index contributed by atoms with van der Waals surface area (Å²) < 4.78 is 10.8. The van der Waals surface area contributed by atoms with Crippen LogP contribution in [0.15, 0.2) is 42.6 Å². The van der Waals surface area contributed by atoms with Crippen molar-refractivity contribution in [3.8, 4) is 11.5 Å². The molecule has 0 radical (unpaired) electrons. The molecule has 2 heterocycles. The van der Waals surface area contributed by atoms with Gasteiger partial charge in [-0.3, -0.25) is 9.59 Å². The van der Waals surface area contributed by atoms with Crippen molar-refractivity contribution in [2.24, 2.45) is 5.92 Å². The lowest BCUT2D eigenvalue weighted by Crippen LogP contribution is -2.40. The van der Waals surface area contributed by atoms with E-state index in [2.05, 4.69) is 10.3 Å². The topological polar surface area (TPSA) is 80.8 Å². The summed E-state index contributed by atoms with van der Waals surface area (Å²) in [5, 5.41) is 3.25. The number of benzene rings is 1. The number of pyridine rings is 1. The fourth-order valence-corrected chi connectivity index (χ4v) is 3.69. The number of methoxy groups -OCH3 is 1. The summed E-state index contributed by atoms with van der Waals surface area (Å²) in [5.41, 5.74) is 0.739. The number of hydrogen-bond acceptors (Lipinski definition) is 5. The molecule has 1 aliphatic heterocycles. The van der Waals surface area contributed by atoms with Crippen molar-refractivity contribution in [1.82, 2.24) is 9.88 Å². The Morgan fingerprint density at radius 1 is 1.29 bits per heavy atom. The number of rotatable bonds is 7. The third-order valence-electron chi connectivity index (χ3n) is 5.05. The van der Waals surface area contributed by atoms with Crippen molar-refractivity contribution in [1.29, 1.82) is 0 Å². The van der Waals surface area contributed by atoms with Crippen molar-refractivity contribution in [2.45, 2.75) is 19.8 Å². The lowest BCUT2D eigenvalue weighted by Gasteiger charge is -2.30. The average Bonchev–Trinajstić information content (AvgIpc) is 2.79. The molecule has 0 unspecified atom stereocenters. The number of piperidine rings is 1. The van der Waals surface area contributed by atoms with Crippen LogP contribution in [0.5, 0.6) is 11.5 Å². The number of likely N-dealkylation sites (tertiary alicyclic amines) is 1. The lowest BCUT2D eigenvalue weighted by atomic mass is 9.96. The average molecular weight is 444 g/mol. The standard InChI is InChI=1S/C23H26ClN3O4/c1-3-31-22-18(24)14-16(15-19(22)30-2)7-8-21(28)27-12-9-17(10-13-27)23(29)26-20-6-4-5-11-25-20/h4-8,11,14-15,17H,3,9-10,12-13H2,1-2H3,(H,25,26,29). The van der Waals surface area contributed by atoms with Crippen LogP contribution in [0.3, 0.4) is 0 Å². The number of carbonyl (C=O) groups is 2. The Hall–Kier alpha value is -3.06. The third kappa shape index (κ3) is 5.98. The molecule has 164 valence electrons. The van der Waals surface area contributed by atoms with Gasteiger partial charge in [-0.25, -0.2) is 4.98 Å². The Kier molecular flexibility index (Phi) is 7.89. The number of carbonyl (C=O) groups excluding carboxylic acids is 2. The minimum Gasteiger partial charge on any atom is -0.493 e. The highest BCUT2D eigenvalue weighted by Gasteiger charge is 2.26. The summed E-state index contributed by atoms with van der Waals surface area (Å²) in [6.07, 6.45) is 6.07. The molecule has 8 heteroatoms. The predicted molar refractivity (Wildman–Crippen MR) is 120 cm³/mol. The molecule has 0 spiro atoms. The number of halogens is 1. The third-order valence-corrected chi connectivity index (χ3v) is 5.33. The van der Waals surface area contributed by atoms with Gasteiger partial charge < -0.3 is 19.7 Å². The Morgan fingerprint density at radius 3 is 2.71 bits per heavy atom. The van der Waals surface area contributed by atoms with Crippen molar-refractivity contribution in [3.63, 3.8) is 0 Å². The van der Waals surface area contributed by atoms with E-state index in [1.807, 2.05) is 13.0 Å². The number of amides is 2. The Morgan fingerprint density at radius 2 is 2.06 bits per heavy atom. The van der Waals surface area contributed by atoms with Crippen LogP contribution < -0.4 is 14.8 Å². The molecular formula is C23H26ClN3O4. The van der Waals surface area contributed by atoms with Crippen LogP contribution in [0.4, 0.5) is 5.82 Å². The minimum atomic E-state index is -0.135. The van der Waals surface area contributed by atoms with Gasteiger partial charge in [0.2, 0.25) is 11.8 Å². The van der Waals surface area contributed by atoms with E-state index < -0.39 is 0 Å². The van der Waals surface area contributed by atoms with E-state index in [0.29, 0.717) is 54.9 Å². The second-order valence-electron chi connectivity index (χ2n) is 7.10. The number of anilines is 1. The van der Waals surface area contributed by atoms with E-state index in [9.17, 15) is 9.59 Å². The summed E-state index contributed by atoms with van der Waals surface area (Å²) in [4.78, 5) is 30.9. The molecule has 2 amide bonds. The molecule has 0 bridgehead atoms. The molecule has 1 aromatic carbocycles. The number of nitrogens with zero attached hydrogens (tertiary/aromatic N) is 2. The first-order valence-electron chi connectivity index (χ1n) is 10.2. The van der Waals surface area contributed by atoms with Gasteiger partial charge in [-0.15, -0.1) is 0 Å². The van der Waals surface area contributed by atoms with E-state index in [0.717, 1.165) is 5.56 Å². The Balaban J connectivity index is 1.55. The zero-order chi connectivity index (χ0) is 22.2. The Bertz CT molecular complexity index is 941. The number of aromatic nitrogens is 1. The van der Waals surface area contributed by atoms with E-state index in [-0.39, 0.29) is 17.7 Å². The molecule has 0 atom stereocenters. The van der Waals surface area contributed by atoms with Gasteiger partial charge >= 0.3 is 0 Å². The van der Waals surface area contributed by atoms with Gasteiger partial charge in [0.1, 0.15) is 5.82 Å². The molecule has 1 fully saturated rings. The molecule has 2 aromatic rings. The van der Waals surface area contributed by atoms with E-state index in [4.69, 9.17) is 21.1 Å². The maximum Gasteiger partial charge on any atom is 0.246 e. The van der Waals surface area contributed by atoms with Crippen LogP contribution in [0.1, 0.15) is 25.3 Å². The smallest absolute Gasteiger partial charge is 0.246 e. The molecule has 1 N–H and O–H groups in total. The fourth-order valence-electron chi connectivity index (χ4n) is 3.42. The Labute approximate surface area is 187 Å². The van der Waals surface area contributed by atoms with Crippen molar-refractivity contribution >= 4 is 35.3 Å². The molecule has 1 aromatic heterocycles. The molecule has 7 nitrogen and oxygen atoms in total. The van der Waals surface area contributed by atoms with E-state index in [1.165, 1.54) is 6.08 Å². The van der Waals surface area contributed by atoms with Gasteiger partial charge in [0.05, 0.1) is 18.7 Å². The van der Waals surface area contributed by atoms with Gasteiger partial charge in [-0.1, -0.05) is 17.7 Å². The van der Waals surface area contributed by atoms with Crippen molar-refractivity contribution in [2.75, 3.05) is 32.1 Å². The van der Waals surface area contributed by atoms with E-state index in [1.54, 1.807) is 48.5 Å². The first-order chi connectivity index (χ1) is 15.0. The molecule has 1 saturated heterocycles. The van der Waals surface area contributed by atoms with Gasteiger partial charge in [0, 0.05) is 31.3 Å². The second-order valence-corrected chi connectivity index (χ2v) is 7.51. The summed E-state index contributed by atoms with van der Waals surface area (Å²) in [7, 11) is 1.54. The molecule has 0 saturated carbocycles. The fraction of sp³-hybridized carbons (Fsp3) is 0.348. The SMILES string of the molecule is CCOc1c(Cl)cc(C=CC(=O)N2CCC(C(=O)Nc3ccccn3)CC2)cc1OC. The first-order valence-corrected chi connectivity index (χ1v) is 10.6. The van der Waals surface area contributed by atoms with Crippen LogP contribution in [0, 0.1) is 5.92 Å². The highest BCUT2D eigenvalue weighted by molar-refractivity contribution is 6.32. The summed E-state index contributed by atoms with van der Waals surface area (Å²) >= 11 is 6.28. The van der Waals surface area contributed by atoms with E-state index >= 15 is 0 Å². The molecule has 31 heavy (non-hydrogen) atoms. The summed E-state index contributed by atoms with van der Waals surface area (Å²) in [6, 6.07) is 8.87. The van der Waals surface area contributed by atoms with Crippen LogP contribution >= 0.6 is 11.6 Å². The molecule has 1 aliphatic rings. The van der Waals surface area contributed by atoms with Crippen molar-refractivity contribution in [3.05, 3.63) is 53.2 Å². The van der Waals surface area contributed by atoms with Crippen LogP contribution in [0.25, 0.3) is 6.08 Å². The first kappa shape index (κ1) is 22.6.